The summed E-state index contributed by atoms with van der Waals surface area (Å²) in [4.78, 5) is 26.9. The Hall–Kier alpha value is -2.67. The lowest BCUT2D eigenvalue weighted by Crippen LogP contribution is -2.33. The van der Waals surface area contributed by atoms with Crippen molar-refractivity contribution in [3.8, 4) is 11.5 Å². The van der Waals surface area contributed by atoms with Crippen molar-refractivity contribution in [3.63, 3.8) is 0 Å². The van der Waals surface area contributed by atoms with Crippen LogP contribution in [0.15, 0.2) is 47.4 Å². The third-order valence-electron chi connectivity index (χ3n) is 3.88. The Morgan fingerprint density at radius 2 is 1.72 bits per heavy atom. The Labute approximate surface area is 176 Å². The van der Waals surface area contributed by atoms with Gasteiger partial charge in [-0.05, 0) is 69.5 Å². The topological polar surface area (TPSA) is 65.1 Å². The largest absolute Gasteiger partial charge is 0.465 e. The molecule has 0 aromatic heterocycles. The number of nitrogens with zero attached hydrogens (tertiary/aromatic N) is 1. The maximum atomic E-state index is 12.3. The molecule has 0 aliphatic carbocycles. The fourth-order valence-corrected chi connectivity index (χ4v) is 2.89. The first-order valence-electron chi connectivity index (χ1n) is 9.10. The molecule has 0 spiro atoms. The smallest absolute Gasteiger partial charge is 0.410 e. The van der Waals surface area contributed by atoms with Crippen LogP contribution in [0, 0.1) is 0 Å². The van der Waals surface area contributed by atoms with Gasteiger partial charge in [0.25, 0.3) is 0 Å². The molecule has 0 heterocycles. The van der Waals surface area contributed by atoms with Crippen molar-refractivity contribution in [1.29, 1.82) is 0 Å². The summed E-state index contributed by atoms with van der Waals surface area (Å²) in [7, 11) is 2.96. The predicted octanol–water partition coefficient (Wildman–Crippen LogP) is 5.35. The third kappa shape index (κ3) is 6.71. The number of amides is 1. The Morgan fingerprint density at radius 3 is 2.28 bits per heavy atom. The molecule has 1 amide bonds. The standard InChI is InChI=1S/C22H27NO5S/c1-22(2,3)28-21(25)23(4)14-16-13-15(20(24)26-5)7-12-19(16)27-17-8-10-18(29-6)11-9-17/h7-13H,14H2,1-6H3. The van der Waals surface area contributed by atoms with Gasteiger partial charge in [0, 0.05) is 17.5 Å². The van der Waals surface area contributed by atoms with Gasteiger partial charge in [-0.25, -0.2) is 9.59 Å². The van der Waals surface area contributed by atoms with Crippen LogP contribution in [-0.2, 0) is 16.0 Å². The highest BCUT2D eigenvalue weighted by Crippen LogP contribution is 2.29. The quantitative estimate of drug-likeness (QED) is 0.466. The Balaban J connectivity index is 2.30. The average molecular weight is 418 g/mol. The van der Waals surface area contributed by atoms with Crippen molar-refractivity contribution >= 4 is 23.8 Å². The molecule has 0 aliphatic heterocycles. The molecule has 2 rings (SSSR count). The van der Waals surface area contributed by atoms with Gasteiger partial charge in [0.15, 0.2) is 0 Å². The van der Waals surface area contributed by atoms with Crippen molar-refractivity contribution in [3.05, 3.63) is 53.6 Å². The van der Waals surface area contributed by atoms with Gasteiger partial charge in [-0.15, -0.1) is 11.8 Å². The first-order chi connectivity index (χ1) is 13.6. The number of ether oxygens (including phenoxy) is 3. The molecule has 0 saturated heterocycles. The minimum Gasteiger partial charge on any atom is -0.465 e. The zero-order valence-corrected chi connectivity index (χ0v) is 18.5. The SMILES string of the molecule is COC(=O)c1ccc(Oc2ccc(SC)cc2)c(CN(C)C(=O)OC(C)(C)C)c1. The normalized spacial score (nSPS) is 11.0. The number of esters is 1. The number of rotatable bonds is 6. The number of carbonyl (C=O) groups excluding carboxylic acids is 2. The Morgan fingerprint density at radius 1 is 1.07 bits per heavy atom. The van der Waals surface area contributed by atoms with Gasteiger partial charge in [-0.2, -0.15) is 0 Å². The fourth-order valence-electron chi connectivity index (χ4n) is 2.48. The molecule has 0 atom stereocenters. The molecule has 0 unspecified atom stereocenters. The van der Waals surface area contributed by atoms with E-state index >= 15 is 0 Å². The number of carbonyl (C=O) groups is 2. The zero-order chi connectivity index (χ0) is 21.6. The predicted molar refractivity (Wildman–Crippen MR) is 114 cm³/mol. The van der Waals surface area contributed by atoms with Crippen molar-refractivity contribution in [1.82, 2.24) is 4.90 Å². The summed E-state index contributed by atoms with van der Waals surface area (Å²) in [5.74, 6) is 0.752. The minimum atomic E-state index is -0.600. The highest BCUT2D eigenvalue weighted by molar-refractivity contribution is 7.98. The second-order valence-electron chi connectivity index (χ2n) is 7.43. The molecule has 0 aliphatic rings. The van der Waals surface area contributed by atoms with Crippen LogP contribution in [0.2, 0.25) is 0 Å². The van der Waals surface area contributed by atoms with Crippen LogP contribution in [-0.4, -0.2) is 43.0 Å². The number of benzene rings is 2. The molecule has 0 radical (unpaired) electrons. The fraction of sp³-hybridized carbons (Fsp3) is 0.364. The molecule has 0 bridgehead atoms. The van der Waals surface area contributed by atoms with Crippen molar-refractivity contribution in [2.45, 2.75) is 37.8 Å². The molecule has 0 N–H and O–H groups in total. The maximum Gasteiger partial charge on any atom is 0.410 e. The molecule has 6 nitrogen and oxygen atoms in total. The van der Waals surface area contributed by atoms with Crippen LogP contribution in [0.3, 0.4) is 0 Å². The highest BCUT2D eigenvalue weighted by Gasteiger charge is 2.21. The molecule has 29 heavy (non-hydrogen) atoms. The minimum absolute atomic E-state index is 0.206. The van der Waals surface area contributed by atoms with Crippen LogP contribution < -0.4 is 4.74 Å². The molecule has 2 aromatic carbocycles. The average Bonchev–Trinajstić information content (AvgIpc) is 2.67. The second-order valence-corrected chi connectivity index (χ2v) is 8.31. The summed E-state index contributed by atoms with van der Waals surface area (Å²) in [6.07, 6.45) is 1.54. The maximum absolute atomic E-state index is 12.3. The number of thioether (sulfide) groups is 1. The molecule has 0 fully saturated rings. The first-order valence-corrected chi connectivity index (χ1v) is 10.3. The van der Waals surface area contributed by atoms with E-state index in [-0.39, 0.29) is 6.54 Å². The van der Waals surface area contributed by atoms with Gasteiger partial charge in [-0.3, -0.25) is 0 Å². The second kappa shape index (κ2) is 9.69. The number of hydrogen-bond donors (Lipinski definition) is 0. The van der Waals surface area contributed by atoms with Crippen molar-refractivity contribution in [2.75, 3.05) is 20.4 Å². The third-order valence-corrected chi connectivity index (χ3v) is 4.63. The Kier molecular flexibility index (Phi) is 7.56. The molecule has 2 aromatic rings. The summed E-state index contributed by atoms with van der Waals surface area (Å²) >= 11 is 1.65. The first kappa shape index (κ1) is 22.6. The van der Waals surface area contributed by atoms with Gasteiger partial charge in [0.2, 0.25) is 0 Å². The van der Waals surface area contributed by atoms with E-state index in [0.717, 1.165) is 4.90 Å². The molecule has 0 saturated carbocycles. The van der Waals surface area contributed by atoms with E-state index in [0.29, 0.717) is 22.6 Å². The van der Waals surface area contributed by atoms with Crippen LogP contribution >= 0.6 is 11.8 Å². The number of hydrogen-bond acceptors (Lipinski definition) is 6. The van der Waals surface area contributed by atoms with E-state index in [2.05, 4.69) is 0 Å². The monoisotopic (exact) mass is 417 g/mol. The summed E-state index contributed by atoms with van der Waals surface area (Å²) in [6.45, 7) is 5.63. The lowest BCUT2D eigenvalue weighted by Gasteiger charge is -2.25. The molecular weight excluding hydrogens is 390 g/mol. The van der Waals surface area contributed by atoms with Gasteiger partial charge in [-0.1, -0.05) is 0 Å². The molecular formula is C22H27NO5S. The van der Waals surface area contributed by atoms with Gasteiger partial charge in [0.1, 0.15) is 17.1 Å². The number of methoxy groups -OCH3 is 1. The summed E-state index contributed by atoms with van der Waals surface area (Å²) in [5, 5.41) is 0. The summed E-state index contributed by atoms with van der Waals surface area (Å²) < 4.78 is 16.2. The van der Waals surface area contributed by atoms with E-state index in [1.54, 1.807) is 37.0 Å². The summed E-state index contributed by atoms with van der Waals surface area (Å²) in [6, 6.07) is 12.7. The van der Waals surface area contributed by atoms with Crippen LogP contribution in [0.4, 0.5) is 4.79 Å². The zero-order valence-electron chi connectivity index (χ0n) is 17.6. The van der Waals surface area contributed by atoms with Gasteiger partial charge in [0.05, 0.1) is 19.2 Å². The summed E-state index contributed by atoms with van der Waals surface area (Å²) in [5.41, 5.74) is 0.442. The van der Waals surface area contributed by atoms with Crippen LogP contribution in [0.1, 0.15) is 36.7 Å². The van der Waals surface area contributed by atoms with Crippen molar-refractivity contribution in [2.24, 2.45) is 0 Å². The van der Waals surface area contributed by atoms with Crippen molar-refractivity contribution < 1.29 is 23.8 Å². The lowest BCUT2D eigenvalue weighted by atomic mass is 10.1. The van der Waals surface area contributed by atoms with E-state index in [1.165, 1.54) is 12.0 Å². The van der Waals surface area contributed by atoms with E-state index in [9.17, 15) is 9.59 Å². The van der Waals surface area contributed by atoms with Gasteiger partial charge >= 0.3 is 12.1 Å². The van der Waals surface area contributed by atoms with E-state index in [1.807, 2.05) is 51.3 Å². The lowest BCUT2D eigenvalue weighted by molar-refractivity contribution is 0.0284. The van der Waals surface area contributed by atoms with Gasteiger partial charge < -0.3 is 19.1 Å². The highest BCUT2D eigenvalue weighted by atomic mass is 32.2. The Bertz CT molecular complexity index is 858. The molecule has 156 valence electrons. The van der Waals surface area contributed by atoms with Crippen LogP contribution in [0.25, 0.3) is 0 Å². The van der Waals surface area contributed by atoms with E-state index in [4.69, 9.17) is 14.2 Å². The van der Waals surface area contributed by atoms with E-state index < -0.39 is 17.7 Å². The van der Waals surface area contributed by atoms with Crippen LogP contribution in [0.5, 0.6) is 11.5 Å². The molecule has 7 heteroatoms.